The number of amides is 1. The van der Waals surface area contributed by atoms with Crippen LogP contribution in [-0.2, 0) is 11.2 Å². The molecule has 0 aliphatic carbocycles. The van der Waals surface area contributed by atoms with Crippen molar-refractivity contribution in [3.05, 3.63) is 66.0 Å². The molecule has 1 N–H and O–H groups in total. The Kier molecular flexibility index (Phi) is 6.28. The summed E-state index contributed by atoms with van der Waals surface area (Å²) in [6, 6.07) is 16.2. The van der Waals surface area contributed by atoms with Gasteiger partial charge in [-0.25, -0.2) is 4.39 Å². The zero-order valence-electron chi connectivity index (χ0n) is 11.7. The van der Waals surface area contributed by atoms with E-state index in [1.54, 1.807) is 23.9 Å². The van der Waals surface area contributed by atoms with Gasteiger partial charge in [0.1, 0.15) is 5.82 Å². The van der Waals surface area contributed by atoms with Crippen LogP contribution in [-0.4, -0.2) is 17.4 Å². The summed E-state index contributed by atoms with van der Waals surface area (Å²) in [5.74, 6) is 0.894. The molecule has 0 spiro atoms. The third-order valence-corrected chi connectivity index (χ3v) is 3.98. The summed E-state index contributed by atoms with van der Waals surface area (Å²) in [6.45, 7) is 0. The number of rotatable bonds is 7. The van der Waals surface area contributed by atoms with E-state index in [0.717, 1.165) is 18.6 Å². The third kappa shape index (κ3) is 6.00. The van der Waals surface area contributed by atoms with E-state index in [2.05, 4.69) is 17.4 Å². The van der Waals surface area contributed by atoms with Gasteiger partial charge in [-0.2, -0.15) is 11.8 Å². The molecule has 1 amide bonds. The first kappa shape index (κ1) is 15.6. The van der Waals surface area contributed by atoms with Crippen LogP contribution in [0.3, 0.4) is 0 Å². The maximum atomic E-state index is 13.0. The summed E-state index contributed by atoms with van der Waals surface area (Å²) >= 11 is 1.60. The van der Waals surface area contributed by atoms with E-state index in [1.807, 2.05) is 18.2 Å². The highest BCUT2D eigenvalue weighted by Gasteiger charge is 2.03. The molecule has 2 nitrogen and oxygen atoms in total. The molecule has 0 saturated carbocycles. The van der Waals surface area contributed by atoms with E-state index in [1.165, 1.54) is 17.7 Å². The zero-order valence-corrected chi connectivity index (χ0v) is 12.5. The molecule has 2 aromatic carbocycles. The molecule has 0 aliphatic rings. The van der Waals surface area contributed by atoms with Gasteiger partial charge in [0.05, 0.1) is 5.75 Å². The van der Waals surface area contributed by atoms with Gasteiger partial charge in [0, 0.05) is 5.69 Å². The Labute approximate surface area is 128 Å². The predicted octanol–water partition coefficient (Wildman–Crippen LogP) is 4.13. The van der Waals surface area contributed by atoms with Crippen molar-refractivity contribution in [1.29, 1.82) is 0 Å². The Morgan fingerprint density at radius 1 is 1.10 bits per heavy atom. The van der Waals surface area contributed by atoms with Crippen LogP contribution in [0.2, 0.25) is 0 Å². The van der Waals surface area contributed by atoms with Gasteiger partial charge in [-0.05, 0) is 42.4 Å². The van der Waals surface area contributed by atoms with Gasteiger partial charge < -0.3 is 5.32 Å². The van der Waals surface area contributed by atoms with Crippen molar-refractivity contribution in [2.75, 3.05) is 16.8 Å². The van der Waals surface area contributed by atoms with Gasteiger partial charge in [-0.3, -0.25) is 4.79 Å². The zero-order chi connectivity index (χ0) is 14.9. The van der Waals surface area contributed by atoms with Crippen LogP contribution in [0.4, 0.5) is 10.1 Å². The minimum Gasteiger partial charge on any atom is -0.325 e. The fourth-order valence-corrected chi connectivity index (χ4v) is 2.70. The number of benzene rings is 2. The van der Waals surface area contributed by atoms with Crippen molar-refractivity contribution in [3.8, 4) is 0 Å². The van der Waals surface area contributed by atoms with E-state index in [4.69, 9.17) is 0 Å². The minimum absolute atomic E-state index is 0.0923. The van der Waals surface area contributed by atoms with Crippen LogP contribution >= 0.6 is 11.8 Å². The maximum absolute atomic E-state index is 13.0. The highest BCUT2D eigenvalue weighted by atomic mass is 32.2. The highest BCUT2D eigenvalue weighted by Crippen LogP contribution is 2.11. The topological polar surface area (TPSA) is 29.1 Å². The fourth-order valence-electron chi connectivity index (χ4n) is 1.95. The molecule has 110 valence electrons. The highest BCUT2D eigenvalue weighted by molar-refractivity contribution is 7.99. The second kappa shape index (κ2) is 8.47. The number of carbonyl (C=O) groups is 1. The molecule has 0 atom stereocenters. The summed E-state index contributed by atoms with van der Waals surface area (Å²) in [6.07, 6.45) is 2.07. The van der Waals surface area contributed by atoms with Crippen molar-refractivity contribution in [2.24, 2.45) is 0 Å². The summed E-state index contributed by atoms with van der Waals surface area (Å²) in [5.41, 5.74) is 1.83. The number of aryl methyl sites for hydroxylation is 1. The summed E-state index contributed by atoms with van der Waals surface area (Å²) in [5, 5.41) is 2.69. The molecule has 0 aromatic heterocycles. The van der Waals surface area contributed by atoms with Crippen molar-refractivity contribution in [2.45, 2.75) is 12.8 Å². The Balaban J connectivity index is 1.61. The van der Waals surface area contributed by atoms with Gasteiger partial charge in [-0.15, -0.1) is 0 Å². The monoisotopic (exact) mass is 303 g/mol. The molecule has 0 saturated heterocycles. The lowest BCUT2D eigenvalue weighted by atomic mass is 10.1. The summed E-state index contributed by atoms with van der Waals surface area (Å²) < 4.78 is 13.0. The van der Waals surface area contributed by atoms with Gasteiger partial charge >= 0.3 is 0 Å². The SMILES string of the molecule is O=C(CSCCCc1ccccc1)Nc1cccc(F)c1. The van der Waals surface area contributed by atoms with E-state index in [9.17, 15) is 9.18 Å². The Bertz CT molecular complexity index is 574. The predicted molar refractivity (Wildman–Crippen MR) is 87.1 cm³/mol. The third-order valence-electron chi connectivity index (χ3n) is 2.94. The molecule has 0 aliphatic heterocycles. The van der Waals surface area contributed by atoms with Crippen LogP contribution in [0.5, 0.6) is 0 Å². The van der Waals surface area contributed by atoms with E-state index >= 15 is 0 Å². The fraction of sp³-hybridized carbons (Fsp3) is 0.235. The summed E-state index contributed by atoms with van der Waals surface area (Å²) in [7, 11) is 0. The molecule has 0 unspecified atom stereocenters. The normalized spacial score (nSPS) is 10.3. The van der Waals surface area contributed by atoms with Crippen LogP contribution < -0.4 is 5.32 Å². The lowest BCUT2D eigenvalue weighted by molar-refractivity contribution is -0.113. The molecule has 4 heteroatoms. The number of anilines is 1. The lowest BCUT2D eigenvalue weighted by Crippen LogP contribution is -2.14. The Hall–Kier alpha value is -1.81. The molecule has 2 rings (SSSR count). The maximum Gasteiger partial charge on any atom is 0.234 e. The average Bonchev–Trinajstić information content (AvgIpc) is 2.48. The smallest absolute Gasteiger partial charge is 0.234 e. The molecule has 0 bridgehead atoms. The van der Waals surface area contributed by atoms with Crippen LogP contribution in [0, 0.1) is 5.82 Å². The average molecular weight is 303 g/mol. The van der Waals surface area contributed by atoms with Crippen LogP contribution in [0.1, 0.15) is 12.0 Å². The van der Waals surface area contributed by atoms with Crippen molar-refractivity contribution in [3.63, 3.8) is 0 Å². The number of thioether (sulfide) groups is 1. The number of hydrogen-bond acceptors (Lipinski definition) is 2. The minimum atomic E-state index is -0.344. The van der Waals surface area contributed by atoms with Crippen LogP contribution in [0.25, 0.3) is 0 Å². The largest absolute Gasteiger partial charge is 0.325 e. The number of nitrogens with one attached hydrogen (secondary N) is 1. The molecular weight excluding hydrogens is 285 g/mol. The Morgan fingerprint density at radius 2 is 1.90 bits per heavy atom. The van der Waals surface area contributed by atoms with E-state index in [0.29, 0.717) is 11.4 Å². The second-order valence-electron chi connectivity index (χ2n) is 4.70. The van der Waals surface area contributed by atoms with Gasteiger partial charge in [-0.1, -0.05) is 36.4 Å². The quantitative estimate of drug-likeness (QED) is 0.779. The Morgan fingerprint density at radius 3 is 2.67 bits per heavy atom. The van der Waals surface area contributed by atoms with Crippen LogP contribution in [0.15, 0.2) is 54.6 Å². The van der Waals surface area contributed by atoms with E-state index < -0.39 is 0 Å². The van der Waals surface area contributed by atoms with Crippen molar-refractivity contribution >= 4 is 23.4 Å². The molecule has 21 heavy (non-hydrogen) atoms. The first-order valence-electron chi connectivity index (χ1n) is 6.91. The molecule has 0 fully saturated rings. The molecule has 2 aromatic rings. The number of carbonyl (C=O) groups excluding carboxylic acids is 1. The summed E-state index contributed by atoms with van der Waals surface area (Å²) in [4.78, 5) is 11.7. The first-order valence-corrected chi connectivity index (χ1v) is 8.06. The van der Waals surface area contributed by atoms with Gasteiger partial charge in [0.15, 0.2) is 0 Å². The molecular formula is C17H18FNOS. The molecule has 0 heterocycles. The van der Waals surface area contributed by atoms with Gasteiger partial charge in [0.25, 0.3) is 0 Å². The number of hydrogen-bond donors (Lipinski definition) is 1. The first-order chi connectivity index (χ1) is 10.2. The van der Waals surface area contributed by atoms with Crippen molar-refractivity contribution < 1.29 is 9.18 Å². The molecule has 0 radical (unpaired) electrons. The van der Waals surface area contributed by atoms with E-state index in [-0.39, 0.29) is 11.7 Å². The van der Waals surface area contributed by atoms with Gasteiger partial charge in [0.2, 0.25) is 5.91 Å². The second-order valence-corrected chi connectivity index (χ2v) is 5.81. The lowest BCUT2D eigenvalue weighted by Gasteiger charge is -2.05. The standard InChI is InChI=1S/C17H18FNOS/c18-15-9-4-10-16(12-15)19-17(20)13-21-11-5-8-14-6-2-1-3-7-14/h1-4,6-7,9-10,12H,5,8,11,13H2,(H,19,20). The van der Waals surface area contributed by atoms with Crippen molar-refractivity contribution in [1.82, 2.24) is 0 Å². The number of halogens is 1.